The Labute approximate surface area is 74.1 Å². The first-order chi connectivity index (χ1) is 5.80. The normalized spacial score (nSPS) is 57.9. The van der Waals surface area contributed by atoms with Crippen molar-refractivity contribution in [1.82, 2.24) is 0 Å². The second-order valence-corrected chi connectivity index (χ2v) is 3.51. The van der Waals surface area contributed by atoms with E-state index in [0.717, 1.165) is 6.92 Å². The molecule has 0 amide bonds. The van der Waals surface area contributed by atoms with Gasteiger partial charge in [-0.15, -0.1) is 0 Å². The molecule has 0 heterocycles. The molecule has 6 atom stereocenters. The van der Waals surface area contributed by atoms with Gasteiger partial charge >= 0.3 is 0 Å². The van der Waals surface area contributed by atoms with Crippen molar-refractivity contribution < 1.29 is 29.9 Å². The molecule has 5 N–H and O–H groups in total. The van der Waals surface area contributed by atoms with Gasteiger partial charge in [-0.1, -0.05) is 0 Å². The van der Waals surface area contributed by atoms with Gasteiger partial charge in [-0.3, -0.25) is 0 Å². The van der Waals surface area contributed by atoms with E-state index in [-0.39, 0.29) is 0 Å². The van der Waals surface area contributed by atoms with E-state index in [1.807, 2.05) is 0 Å². The van der Waals surface area contributed by atoms with Crippen LogP contribution in [0.1, 0.15) is 6.92 Å². The quantitative estimate of drug-likeness (QED) is 0.295. The van der Waals surface area contributed by atoms with E-state index in [0.29, 0.717) is 0 Å². The largest absolute Gasteiger partial charge is 0.387 e. The van der Waals surface area contributed by atoms with Crippen LogP contribution in [-0.2, 0) is 0 Å². The summed E-state index contributed by atoms with van der Waals surface area (Å²) < 4.78 is 13.4. The van der Waals surface area contributed by atoms with E-state index in [4.69, 9.17) is 25.5 Å². The van der Waals surface area contributed by atoms with Crippen LogP contribution in [-0.4, -0.2) is 61.7 Å². The molecule has 0 radical (unpaired) electrons. The first-order valence-electron chi connectivity index (χ1n) is 3.89. The number of aliphatic hydroxyl groups is 5. The molecule has 1 fully saturated rings. The van der Waals surface area contributed by atoms with Gasteiger partial charge in [0, 0.05) is 0 Å². The predicted octanol–water partition coefficient (Wildman–Crippen LogP) is -2.47. The molecule has 78 valence electrons. The van der Waals surface area contributed by atoms with Crippen LogP contribution in [0.5, 0.6) is 0 Å². The van der Waals surface area contributed by atoms with Crippen molar-refractivity contribution in [2.75, 3.05) is 0 Å². The van der Waals surface area contributed by atoms with Crippen LogP contribution in [0.3, 0.4) is 0 Å². The summed E-state index contributed by atoms with van der Waals surface area (Å²) in [7, 11) is 0. The Morgan fingerprint density at radius 2 is 1.15 bits per heavy atom. The number of rotatable bonds is 0. The molecule has 0 spiro atoms. The molecule has 6 heteroatoms. The number of hydrogen-bond donors (Lipinski definition) is 5. The van der Waals surface area contributed by atoms with Gasteiger partial charge in [0.1, 0.15) is 30.5 Å². The van der Waals surface area contributed by atoms with Crippen molar-refractivity contribution in [1.29, 1.82) is 0 Å². The van der Waals surface area contributed by atoms with Gasteiger partial charge in [0.15, 0.2) is 5.67 Å². The van der Waals surface area contributed by atoms with Crippen LogP contribution in [0, 0.1) is 0 Å². The molecule has 1 aliphatic carbocycles. The van der Waals surface area contributed by atoms with Crippen molar-refractivity contribution in [3.05, 3.63) is 0 Å². The Morgan fingerprint density at radius 3 is 1.46 bits per heavy atom. The van der Waals surface area contributed by atoms with Crippen molar-refractivity contribution in [2.24, 2.45) is 0 Å². The fourth-order valence-electron chi connectivity index (χ4n) is 1.42. The molecule has 0 saturated heterocycles. The van der Waals surface area contributed by atoms with Gasteiger partial charge in [-0.05, 0) is 6.92 Å². The maximum absolute atomic E-state index is 13.4. The lowest BCUT2D eigenvalue weighted by Gasteiger charge is -2.44. The smallest absolute Gasteiger partial charge is 0.164 e. The second kappa shape index (κ2) is 3.14. The third-order valence-corrected chi connectivity index (χ3v) is 2.50. The maximum atomic E-state index is 13.4. The Morgan fingerprint density at radius 1 is 0.846 bits per heavy atom. The molecule has 1 rings (SSSR count). The standard InChI is InChI=1S/C7H13FO5/c1-7(8)5(12)3(10)2(9)4(11)6(7)13/h2-6,9-13H,1H3/t2-,3-,4-,5-,6+,7?/m0/s1. The Hall–Kier alpha value is -0.270. The fourth-order valence-corrected chi connectivity index (χ4v) is 1.42. The minimum atomic E-state index is -2.53. The molecule has 13 heavy (non-hydrogen) atoms. The minimum Gasteiger partial charge on any atom is -0.387 e. The highest BCUT2D eigenvalue weighted by atomic mass is 19.1. The first-order valence-corrected chi connectivity index (χ1v) is 3.89. The zero-order valence-corrected chi connectivity index (χ0v) is 7.00. The SMILES string of the molecule is CC1(F)[C@H](O)[C@@H](O)[C@@H](O)[C@H](O)[C@@H]1O. The Kier molecular flexibility index (Phi) is 2.61. The summed E-state index contributed by atoms with van der Waals surface area (Å²) in [6.45, 7) is 0.848. The average Bonchev–Trinajstić information content (AvgIpc) is 2.09. The van der Waals surface area contributed by atoms with Gasteiger partial charge in [-0.25, -0.2) is 4.39 Å². The summed E-state index contributed by atoms with van der Waals surface area (Å²) in [5.74, 6) is 0. The summed E-state index contributed by atoms with van der Waals surface area (Å²) in [5, 5.41) is 45.4. The first kappa shape index (κ1) is 10.8. The van der Waals surface area contributed by atoms with Crippen LogP contribution in [0.25, 0.3) is 0 Å². The third kappa shape index (κ3) is 1.44. The molecule has 1 aliphatic rings. The minimum absolute atomic E-state index is 0.848. The number of aliphatic hydroxyl groups excluding tert-OH is 5. The van der Waals surface area contributed by atoms with Gasteiger partial charge in [-0.2, -0.15) is 0 Å². The van der Waals surface area contributed by atoms with Crippen molar-refractivity contribution in [2.45, 2.75) is 43.1 Å². The molecule has 0 aliphatic heterocycles. The van der Waals surface area contributed by atoms with Crippen molar-refractivity contribution >= 4 is 0 Å². The third-order valence-electron chi connectivity index (χ3n) is 2.50. The lowest BCUT2D eigenvalue weighted by Crippen LogP contribution is -2.67. The van der Waals surface area contributed by atoms with Crippen LogP contribution < -0.4 is 0 Å². The predicted molar refractivity (Wildman–Crippen MR) is 39.5 cm³/mol. The molecule has 5 nitrogen and oxygen atoms in total. The molecule has 1 saturated carbocycles. The Balaban J connectivity index is 2.93. The highest BCUT2D eigenvalue weighted by molar-refractivity contribution is 5.06. The summed E-state index contributed by atoms with van der Waals surface area (Å²) in [5.41, 5.74) is -2.53. The topological polar surface area (TPSA) is 101 Å². The molecule has 0 aromatic carbocycles. The summed E-state index contributed by atoms with van der Waals surface area (Å²) in [6.07, 6.45) is -9.17. The van der Waals surface area contributed by atoms with Gasteiger partial charge in [0.25, 0.3) is 0 Å². The summed E-state index contributed by atoms with van der Waals surface area (Å²) in [4.78, 5) is 0. The van der Waals surface area contributed by atoms with Gasteiger partial charge in [0.05, 0.1) is 0 Å². The molecule has 0 aromatic rings. The fraction of sp³-hybridized carbons (Fsp3) is 1.00. The molecule has 0 bridgehead atoms. The van der Waals surface area contributed by atoms with Crippen LogP contribution >= 0.6 is 0 Å². The highest BCUT2D eigenvalue weighted by Gasteiger charge is 2.56. The molecular formula is C7H13FO5. The van der Waals surface area contributed by atoms with E-state index < -0.39 is 36.2 Å². The highest BCUT2D eigenvalue weighted by Crippen LogP contribution is 2.32. The van der Waals surface area contributed by atoms with E-state index in [1.54, 1.807) is 0 Å². The molecule has 1 unspecified atom stereocenters. The van der Waals surface area contributed by atoms with E-state index in [2.05, 4.69) is 0 Å². The average molecular weight is 196 g/mol. The van der Waals surface area contributed by atoms with Crippen molar-refractivity contribution in [3.63, 3.8) is 0 Å². The lowest BCUT2D eigenvalue weighted by atomic mass is 9.77. The molecule has 0 aromatic heterocycles. The number of hydrogen-bond acceptors (Lipinski definition) is 5. The zero-order valence-electron chi connectivity index (χ0n) is 7.00. The maximum Gasteiger partial charge on any atom is 0.164 e. The van der Waals surface area contributed by atoms with Crippen molar-refractivity contribution in [3.8, 4) is 0 Å². The zero-order chi connectivity index (χ0) is 10.4. The number of alkyl halides is 1. The van der Waals surface area contributed by atoms with E-state index in [9.17, 15) is 4.39 Å². The summed E-state index contributed by atoms with van der Waals surface area (Å²) in [6, 6.07) is 0. The van der Waals surface area contributed by atoms with Gasteiger partial charge < -0.3 is 25.5 Å². The van der Waals surface area contributed by atoms with E-state index in [1.165, 1.54) is 0 Å². The number of halogens is 1. The van der Waals surface area contributed by atoms with E-state index >= 15 is 0 Å². The molecular weight excluding hydrogens is 183 g/mol. The lowest BCUT2D eigenvalue weighted by molar-refractivity contribution is -0.238. The van der Waals surface area contributed by atoms with Crippen LogP contribution in [0.15, 0.2) is 0 Å². The summed E-state index contributed by atoms with van der Waals surface area (Å²) >= 11 is 0. The Bertz CT molecular complexity index is 179. The second-order valence-electron chi connectivity index (χ2n) is 3.51. The van der Waals surface area contributed by atoms with Gasteiger partial charge in [0.2, 0.25) is 0 Å². The van der Waals surface area contributed by atoms with Crippen LogP contribution in [0.4, 0.5) is 4.39 Å². The monoisotopic (exact) mass is 196 g/mol. The van der Waals surface area contributed by atoms with Crippen LogP contribution in [0.2, 0.25) is 0 Å².